The van der Waals surface area contributed by atoms with Gasteiger partial charge in [-0.1, -0.05) is 36.4 Å². The van der Waals surface area contributed by atoms with Gasteiger partial charge in [-0.25, -0.2) is 9.40 Å². The van der Waals surface area contributed by atoms with Gasteiger partial charge in [0.05, 0.1) is 43.7 Å². The van der Waals surface area contributed by atoms with Crippen molar-refractivity contribution in [1.29, 1.82) is 0 Å². The number of piperidine rings is 1. The maximum atomic E-state index is 14.5. The number of hydrogen-bond donors (Lipinski definition) is 1. The van der Waals surface area contributed by atoms with Gasteiger partial charge in [-0.15, -0.1) is 0 Å². The highest BCUT2D eigenvalue weighted by atomic mass is 19.1. The second kappa shape index (κ2) is 6.59. The van der Waals surface area contributed by atoms with Crippen molar-refractivity contribution in [3.63, 3.8) is 0 Å². The summed E-state index contributed by atoms with van der Waals surface area (Å²) in [4.78, 5) is 1.61. The Morgan fingerprint density at radius 1 is 1.11 bits per heavy atom. The van der Waals surface area contributed by atoms with E-state index >= 15 is 0 Å². The van der Waals surface area contributed by atoms with Crippen LogP contribution in [0.15, 0.2) is 53.6 Å². The second-order valence-electron chi connectivity index (χ2n) is 8.49. The van der Waals surface area contributed by atoms with Crippen LogP contribution in [-0.2, 0) is 0 Å². The highest BCUT2D eigenvalue weighted by molar-refractivity contribution is 6.02. The van der Waals surface area contributed by atoms with E-state index < -0.39 is 5.72 Å². The van der Waals surface area contributed by atoms with Crippen LogP contribution in [-0.4, -0.2) is 35.6 Å². The van der Waals surface area contributed by atoms with Gasteiger partial charge in [0.25, 0.3) is 0 Å². The maximum absolute atomic E-state index is 14.5. The Balaban J connectivity index is 1.55. The topological polar surface area (TPSA) is 29.3 Å². The van der Waals surface area contributed by atoms with Gasteiger partial charge in [-0.3, -0.25) is 0 Å². The molecule has 0 amide bonds. The number of nitrogens with one attached hydrogen (secondary N) is 1. The molecule has 5 rings (SSSR count). The first-order chi connectivity index (χ1) is 13.6. The summed E-state index contributed by atoms with van der Waals surface area (Å²) >= 11 is 0. The predicted octanol–water partition coefficient (Wildman–Crippen LogP) is 3.15. The molecule has 0 saturated carbocycles. The highest BCUT2D eigenvalue weighted by Crippen LogP contribution is 2.49. The van der Waals surface area contributed by atoms with E-state index in [4.69, 9.17) is 9.84 Å². The van der Waals surface area contributed by atoms with Crippen molar-refractivity contribution < 1.29 is 14.0 Å². The molecule has 1 N–H and O–H groups in total. The maximum Gasteiger partial charge on any atom is 0.208 e. The Morgan fingerprint density at radius 2 is 1.82 bits per heavy atom. The minimum atomic E-state index is -0.426. The molecule has 1 saturated heterocycles. The van der Waals surface area contributed by atoms with Gasteiger partial charge in [0.2, 0.25) is 5.72 Å². The number of benzene rings is 2. The van der Waals surface area contributed by atoms with Crippen LogP contribution in [0.1, 0.15) is 50.3 Å². The van der Waals surface area contributed by atoms with E-state index in [9.17, 15) is 4.39 Å². The molecular weight excluding hydrogens is 353 g/mol. The van der Waals surface area contributed by atoms with Crippen molar-refractivity contribution in [3.8, 4) is 5.75 Å². The van der Waals surface area contributed by atoms with E-state index in [2.05, 4.69) is 31.0 Å². The number of rotatable bonds is 2. The van der Waals surface area contributed by atoms with Crippen molar-refractivity contribution in [2.24, 2.45) is 5.10 Å². The minimum absolute atomic E-state index is 0.111. The lowest BCUT2D eigenvalue weighted by molar-refractivity contribution is -0.929. The van der Waals surface area contributed by atoms with Crippen molar-refractivity contribution in [1.82, 2.24) is 5.01 Å². The molecule has 4 nitrogen and oxygen atoms in total. The van der Waals surface area contributed by atoms with E-state index in [1.54, 1.807) is 11.0 Å². The number of hydrazone groups is 1. The monoisotopic (exact) mass is 380 g/mol. The van der Waals surface area contributed by atoms with Gasteiger partial charge in [0.15, 0.2) is 0 Å². The SMILES string of the molecule is CC(C)[NH+]1CCC2(CC1)Oc1ccccc1[C@H]1CC(c3ccccc3F)=NN12. The predicted molar refractivity (Wildman–Crippen MR) is 107 cm³/mol. The molecule has 0 radical (unpaired) electrons. The number of halogens is 1. The first-order valence-corrected chi connectivity index (χ1v) is 10.3. The normalized spacial score (nSPS) is 28.7. The average molecular weight is 380 g/mol. The van der Waals surface area contributed by atoms with Gasteiger partial charge in [0.1, 0.15) is 11.6 Å². The number of fused-ring (bicyclic) bond motifs is 4. The fourth-order valence-corrected chi connectivity index (χ4v) is 4.96. The van der Waals surface area contributed by atoms with Crippen LogP contribution >= 0.6 is 0 Å². The number of likely N-dealkylation sites (tertiary alicyclic amines) is 1. The fraction of sp³-hybridized carbons (Fsp3) is 0.435. The average Bonchev–Trinajstić information content (AvgIpc) is 3.15. The van der Waals surface area contributed by atoms with Crippen LogP contribution in [0, 0.1) is 5.82 Å². The third-order valence-corrected chi connectivity index (χ3v) is 6.58. The van der Waals surface area contributed by atoms with Crippen LogP contribution in [0.25, 0.3) is 0 Å². The fourth-order valence-electron chi connectivity index (χ4n) is 4.96. The van der Waals surface area contributed by atoms with Crippen molar-refractivity contribution >= 4 is 5.71 Å². The van der Waals surface area contributed by atoms with E-state index in [1.165, 1.54) is 6.07 Å². The molecule has 28 heavy (non-hydrogen) atoms. The number of quaternary nitrogens is 1. The van der Waals surface area contributed by atoms with E-state index in [1.807, 2.05) is 24.3 Å². The molecule has 5 heteroatoms. The molecule has 0 unspecified atom stereocenters. The Hall–Kier alpha value is -2.40. The lowest BCUT2D eigenvalue weighted by Crippen LogP contribution is -3.16. The number of nitrogens with zero attached hydrogens (tertiary/aromatic N) is 2. The molecule has 1 fully saturated rings. The van der Waals surface area contributed by atoms with Crippen LogP contribution in [0.5, 0.6) is 5.75 Å². The molecule has 146 valence electrons. The standard InChI is InChI=1S/C23H26FN3O/c1-16(2)26-13-11-23(12-14-26)27-21(18-8-4-6-10-22(18)28-23)15-20(25-27)17-7-3-5-9-19(17)24/h3-10,16,21H,11-15H2,1-2H3/p+1/t21-/m1/s1. The molecule has 2 aromatic rings. The Morgan fingerprint density at radius 3 is 2.57 bits per heavy atom. The summed E-state index contributed by atoms with van der Waals surface area (Å²) in [7, 11) is 0. The molecule has 0 aliphatic carbocycles. The van der Waals surface area contributed by atoms with Crippen molar-refractivity contribution in [3.05, 3.63) is 65.5 Å². The first kappa shape index (κ1) is 17.7. The van der Waals surface area contributed by atoms with Gasteiger partial charge in [0, 0.05) is 17.5 Å². The minimum Gasteiger partial charge on any atom is -0.466 e. The summed E-state index contributed by atoms with van der Waals surface area (Å²) in [6.45, 7) is 6.68. The molecular formula is C23H27FN3O+. The summed E-state index contributed by atoms with van der Waals surface area (Å²) in [6.07, 6.45) is 2.57. The van der Waals surface area contributed by atoms with Crippen molar-refractivity contribution in [2.45, 2.75) is 50.9 Å². The molecule has 3 aliphatic rings. The lowest BCUT2D eigenvalue weighted by Gasteiger charge is -2.50. The van der Waals surface area contributed by atoms with Gasteiger partial charge < -0.3 is 9.64 Å². The van der Waals surface area contributed by atoms with Gasteiger partial charge >= 0.3 is 0 Å². The Bertz CT molecular complexity index is 918. The zero-order valence-corrected chi connectivity index (χ0v) is 16.5. The largest absolute Gasteiger partial charge is 0.466 e. The third kappa shape index (κ3) is 2.72. The lowest BCUT2D eigenvalue weighted by atomic mass is 9.90. The van der Waals surface area contributed by atoms with Crippen LogP contribution < -0.4 is 9.64 Å². The van der Waals surface area contributed by atoms with Crippen LogP contribution in [0.3, 0.4) is 0 Å². The number of para-hydroxylation sites is 1. The van der Waals surface area contributed by atoms with Crippen LogP contribution in [0.2, 0.25) is 0 Å². The van der Waals surface area contributed by atoms with Gasteiger partial charge in [-0.05, 0) is 26.0 Å². The van der Waals surface area contributed by atoms with Crippen LogP contribution in [0.4, 0.5) is 4.39 Å². The summed E-state index contributed by atoms with van der Waals surface area (Å²) in [6, 6.07) is 15.9. The first-order valence-electron chi connectivity index (χ1n) is 10.3. The zero-order valence-electron chi connectivity index (χ0n) is 16.5. The van der Waals surface area contributed by atoms with Crippen molar-refractivity contribution in [2.75, 3.05) is 13.1 Å². The molecule has 2 aromatic carbocycles. The molecule has 1 atom stereocenters. The number of ether oxygens (including phenoxy) is 1. The summed E-state index contributed by atoms with van der Waals surface area (Å²) in [5.41, 5.74) is 2.16. The highest BCUT2D eigenvalue weighted by Gasteiger charge is 2.53. The second-order valence-corrected chi connectivity index (χ2v) is 8.49. The molecule has 0 bridgehead atoms. The quantitative estimate of drug-likeness (QED) is 0.867. The Labute approximate surface area is 165 Å². The third-order valence-electron chi connectivity index (χ3n) is 6.58. The summed E-state index contributed by atoms with van der Waals surface area (Å²) in [5.74, 6) is 0.755. The molecule has 3 aliphatic heterocycles. The van der Waals surface area contributed by atoms with E-state index in [0.29, 0.717) is 18.0 Å². The number of hydrogen-bond acceptors (Lipinski definition) is 3. The van der Waals surface area contributed by atoms with E-state index in [-0.39, 0.29) is 11.9 Å². The molecule has 1 spiro atoms. The van der Waals surface area contributed by atoms with Gasteiger partial charge in [-0.2, -0.15) is 5.10 Å². The zero-order chi connectivity index (χ0) is 19.3. The molecule has 3 heterocycles. The Kier molecular flexibility index (Phi) is 4.16. The van der Waals surface area contributed by atoms with E-state index in [0.717, 1.165) is 43.0 Å². The summed E-state index contributed by atoms with van der Waals surface area (Å²) < 4.78 is 21.1. The summed E-state index contributed by atoms with van der Waals surface area (Å²) in [5, 5.41) is 7.12. The molecule has 0 aromatic heterocycles. The smallest absolute Gasteiger partial charge is 0.208 e.